The Morgan fingerprint density at radius 3 is 1.78 bits per heavy atom. The molecule has 1 N–H and O–H groups in total. The van der Waals surface area contributed by atoms with Crippen molar-refractivity contribution < 1.29 is 26.7 Å². The fourth-order valence-electron chi connectivity index (χ4n) is 4.34. The first-order valence-electron chi connectivity index (χ1n) is 13.0. The molecule has 0 bridgehead atoms. The standard InChI is InChI=1S/C22H45N2O.C2H6O4S/c1-3-5-6-7-8-9-10-11-12-13-14-15-16-17-22-23-18-19-24(22,4-2)20-21-25;1-2-6-7(3,4)5/h25H,3-21H2,1-2H3;2H2,1H3,(H,3,4,5)/q+1;/p-1. The molecule has 0 aromatic carbocycles. The quantitative estimate of drug-likeness (QED) is 0.119. The number of aliphatic imine (C=N–C) groups is 1. The molecular formula is C24H50N2O5S. The van der Waals surface area contributed by atoms with Crippen LogP contribution in [0.5, 0.6) is 0 Å². The Bertz CT molecular complexity index is 569. The largest absolute Gasteiger partial charge is 0.726 e. The van der Waals surface area contributed by atoms with E-state index in [1.165, 1.54) is 96.2 Å². The van der Waals surface area contributed by atoms with Gasteiger partial charge in [0.05, 0.1) is 26.3 Å². The summed E-state index contributed by atoms with van der Waals surface area (Å²) in [5.41, 5.74) is 0. The Kier molecular flexibility index (Phi) is 19.6. The molecule has 0 aliphatic carbocycles. The van der Waals surface area contributed by atoms with Gasteiger partial charge in [0.2, 0.25) is 10.4 Å². The lowest BCUT2D eigenvalue weighted by atomic mass is 10.0. The number of aliphatic hydroxyl groups excluding tert-OH is 1. The Labute approximate surface area is 198 Å². The van der Waals surface area contributed by atoms with Crippen molar-refractivity contribution in [2.24, 2.45) is 4.99 Å². The molecule has 0 saturated heterocycles. The number of aliphatic hydroxyl groups is 1. The molecule has 0 radical (unpaired) electrons. The van der Waals surface area contributed by atoms with Crippen LogP contribution in [0.1, 0.15) is 111 Å². The molecule has 0 aromatic heterocycles. The Hall–Kier alpha value is -0.540. The van der Waals surface area contributed by atoms with Gasteiger partial charge in [-0.2, -0.15) is 0 Å². The van der Waals surface area contributed by atoms with E-state index in [-0.39, 0.29) is 13.2 Å². The smallest absolute Gasteiger partial charge is 0.217 e. The predicted molar refractivity (Wildman–Crippen MR) is 132 cm³/mol. The van der Waals surface area contributed by atoms with Crippen LogP contribution < -0.4 is 0 Å². The average molecular weight is 479 g/mol. The van der Waals surface area contributed by atoms with Crippen LogP contribution in [0.4, 0.5) is 0 Å². The Morgan fingerprint density at radius 2 is 1.41 bits per heavy atom. The summed E-state index contributed by atoms with van der Waals surface area (Å²) in [6, 6.07) is 0. The number of amidine groups is 1. The van der Waals surface area contributed by atoms with Crippen molar-refractivity contribution in [3.63, 3.8) is 0 Å². The molecule has 0 fully saturated rings. The van der Waals surface area contributed by atoms with E-state index in [0.717, 1.165) is 37.1 Å². The molecule has 0 spiro atoms. The van der Waals surface area contributed by atoms with Crippen molar-refractivity contribution >= 4 is 16.2 Å². The zero-order valence-corrected chi connectivity index (χ0v) is 21.8. The van der Waals surface area contributed by atoms with Crippen LogP contribution >= 0.6 is 0 Å². The molecule has 1 aliphatic heterocycles. The highest BCUT2D eigenvalue weighted by Crippen LogP contribution is 2.20. The van der Waals surface area contributed by atoms with E-state index in [1.807, 2.05) is 0 Å². The van der Waals surface area contributed by atoms with Gasteiger partial charge in [0.15, 0.2) is 5.84 Å². The lowest BCUT2D eigenvalue weighted by molar-refractivity contribution is -0.835. The van der Waals surface area contributed by atoms with Crippen LogP contribution in [0.3, 0.4) is 0 Å². The van der Waals surface area contributed by atoms with Gasteiger partial charge in [0, 0.05) is 6.42 Å². The molecule has 8 heteroatoms. The molecule has 192 valence electrons. The molecule has 7 nitrogen and oxygen atoms in total. The number of quaternary nitrogens is 1. The van der Waals surface area contributed by atoms with Gasteiger partial charge in [-0.05, 0) is 20.3 Å². The number of hydrogen-bond donors (Lipinski definition) is 1. The number of nitrogens with zero attached hydrogens (tertiary/aromatic N) is 2. The molecule has 1 unspecified atom stereocenters. The first-order chi connectivity index (χ1) is 15.3. The van der Waals surface area contributed by atoms with Crippen LogP contribution in [-0.2, 0) is 14.6 Å². The first-order valence-corrected chi connectivity index (χ1v) is 14.3. The monoisotopic (exact) mass is 478 g/mol. The normalized spacial score (nSPS) is 18.3. The van der Waals surface area contributed by atoms with Gasteiger partial charge < -0.3 is 9.66 Å². The third-order valence-corrected chi connectivity index (χ3v) is 6.79. The summed E-state index contributed by atoms with van der Waals surface area (Å²) in [7, 11) is -4.42. The third-order valence-electron chi connectivity index (χ3n) is 6.27. The second kappa shape index (κ2) is 19.9. The molecular weight excluding hydrogens is 428 g/mol. The summed E-state index contributed by atoms with van der Waals surface area (Å²) >= 11 is 0. The van der Waals surface area contributed by atoms with Gasteiger partial charge in [-0.1, -0.05) is 84.0 Å². The predicted octanol–water partition coefficient (Wildman–Crippen LogP) is 5.19. The highest BCUT2D eigenvalue weighted by atomic mass is 32.3. The van der Waals surface area contributed by atoms with Crippen molar-refractivity contribution in [3.05, 3.63) is 0 Å². The van der Waals surface area contributed by atoms with E-state index in [1.54, 1.807) is 0 Å². The maximum absolute atomic E-state index is 9.45. The van der Waals surface area contributed by atoms with Crippen LogP contribution in [0, 0.1) is 0 Å². The van der Waals surface area contributed by atoms with E-state index in [0.29, 0.717) is 0 Å². The minimum atomic E-state index is -4.42. The van der Waals surface area contributed by atoms with E-state index in [2.05, 4.69) is 18.0 Å². The van der Waals surface area contributed by atoms with Crippen molar-refractivity contribution in [1.82, 2.24) is 0 Å². The summed E-state index contributed by atoms with van der Waals surface area (Å²) in [5.74, 6) is 1.36. The molecule has 1 heterocycles. The van der Waals surface area contributed by atoms with Crippen LogP contribution in [0.15, 0.2) is 4.99 Å². The van der Waals surface area contributed by atoms with Gasteiger partial charge in [0.25, 0.3) is 0 Å². The minimum absolute atomic E-state index is 0.0914. The fraction of sp³-hybridized carbons (Fsp3) is 0.958. The van der Waals surface area contributed by atoms with Crippen molar-refractivity contribution in [2.75, 3.05) is 39.4 Å². The molecule has 0 aromatic rings. The SMILES string of the molecule is CCCCCCCCCCCCCCCC1=NCC[N+]1(CC)CCO.CCOS(=O)(=O)[O-]. The summed E-state index contributed by atoms with van der Waals surface area (Å²) in [6.07, 6.45) is 19.4. The van der Waals surface area contributed by atoms with Gasteiger partial charge in [-0.3, -0.25) is 8.67 Å². The van der Waals surface area contributed by atoms with Crippen LogP contribution in [-0.4, -0.2) is 67.8 Å². The van der Waals surface area contributed by atoms with Gasteiger partial charge in [-0.15, -0.1) is 0 Å². The number of hydrogen-bond acceptors (Lipinski definition) is 6. The molecule has 1 aliphatic rings. The van der Waals surface area contributed by atoms with Gasteiger partial charge in [-0.25, -0.2) is 13.4 Å². The van der Waals surface area contributed by atoms with E-state index in [9.17, 15) is 18.1 Å². The zero-order chi connectivity index (χ0) is 24.1. The summed E-state index contributed by atoms with van der Waals surface area (Å²) < 4.78 is 33.0. The van der Waals surface area contributed by atoms with Gasteiger partial charge >= 0.3 is 0 Å². The summed E-state index contributed by atoms with van der Waals surface area (Å²) in [4.78, 5) is 4.75. The maximum Gasteiger partial charge on any atom is 0.217 e. The third kappa shape index (κ3) is 16.1. The second-order valence-electron chi connectivity index (χ2n) is 8.74. The average Bonchev–Trinajstić information content (AvgIpc) is 3.14. The number of rotatable bonds is 19. The number of unbranched alkanes of at least 4 members (excludes halogenated alkanes) is 12. The lowest BCUT2D eigenvalue weighted by Gasteiger charge is -2.33. The van der Waals surface area contributed by atoms with Gasteiger partial charge in [0.1, 0.15) is 13.1 Å². The highest BCUT2D eigenvalue weighted by molar-refractivity contribution is 7.80. The maximum atomic E-state index is 9.45. The zero-order valence-electron chi connectivity index (χ0n) is 21.0. The first kappa shape index (κ1) is 31.5. The number of likely N-dealkylation sites (N-methyl/N-ethyl adjacent to an activating group) is 1. The molecule has 0 amide bonds. The molecule has 1 atom stereocenters. The highest BCUT2D eigenvalue weighted by Gasteiger charge is 2.35. The second-order valence-corrected chi connectivity index (χ2v) is 9.79. The van der Waals surface area contributed by atoms with Crippen molar-refractivity contribution in [1.29, 1.82) is 0 Å². The fourth-order valence-corrected chi connectivity index (χ4v) is 4.63. The van der Waals surface area contributed by atoms with Crippen LogP contribution in [0.25, 0.3) is 0 Å². The molecule has 1 rings (SSSR count). The minimum Gasteiger partial charge on any atom is -0.726 e. The lowest BCUT2D eigenvalue weighted by Crippen LogP contribution is -2.52. The summed E-state index contributed by atoms with van der Waals surface area (Å²) in [5, 5.41) is 9.35. The van der Waals surface area contributed by atoms with E-state index in [4.69, 9.17) is 4.99 Å². The van der Waals surface area contributed by atoms with Crippen molar-refractivity contribution in [3.8, 4) is 0 Å². The van der Waals surface area contributed by atoms with E-state index < -0.39 is 10.4 Å². The molecule has 0 saturated carbocycles. The van der Waals surface area contributed by atoms with Crippen molar-refractivity contribution in [2.45, 2.75) is 111 Å². The van der Waals surface area contributed by atoms with Crippen LogP contribution in [0.2, 0.25) is 0 Å². The Morgan fingerprint density at radius 1 is 0.906 bits per heavy atom. The summed E-state index contributed by atoms with van der Waals surface area (Å²) in [6.45, 7) is 10.1. The Balaban J connectivity index is 0.00000118. The molecule has 32 heavy (non-hydrogen) atoms. The van der Waals surface area contributed by atoms with E-state index >= 15 is 0 Å². The topological polar surface area (TPSA) is 99.0 Å².